The molecule has 0 spiro atoms. The molecule has 0 amide bonds. The molecule has 6 heteroatoms. The summed E-state index contributed by atoms with van der Waals surface area (Å²) in [7, 11) is 0. The highest BCUT2D eigenvalue weighted by atomic mass is 16.6. The van der Waals surface area contributed by atoms with Crippen LogP contribution in [0.5, 0.6) is 0 Å². The third-order valence-electron chi connectivity index (χ3n) is 3.59. The number of aromatic nitrogens is 1. The van der Waals surface area contributed by atoms with Gasteiger partial charge in [0.1, 0.15) is 12.0 Å². The van der Waals surface area contributed by atoms with Gasteiger partial charge in [-0.25, -0.2) is 4.98 Å². The summed E-state index contributed by atoms with van der Waals surface area (Å²) in [6.45, 7) is 2.74. The number of nitrogens with zero attached hydrogens (tertiary/aromatic N) is 3. The van der Waals surface area contributed by atoms with E-state index in [4.69, 9.17) is 5.11 Å². The molecule has 0 saturated heterocycles. The summed E-state index contributed by atoms with van der Waals surface area (Å²) in [5.74, 6) is 0.809. The van der Waals surface area contributed by atoms with Gasteiger partial charge >= 0.3 is 0 Å². The van der Waals surface area contributed by atoms with Crippen LogP contribution in [0.4, 0.5) is 11.5 Å². The van der Waals surface area contributed by atoms with E-state index in [9.17, 15) is 10.1 Å². The highest BCUT2D eigenvalue weighted by Gasteiger charge is 2.27. The van der Waals surface area contributed by atoms with Crippen molar-refractivity contribution in [3.05, 3.63) is 27.9 Å². The SMILES string of the molecule is Cc1cc([N+](=O)[O-])cnc1N(CCCO)C1CCC1. The largest absolute Gasteiger partial charge is 0.396 e. The Labute approximate surface area is 112 Å². The first-order chi connectivity index (χ1) is 9.13. The van der Waals surface area contributed by atoms with Gasteiger partial charge in [0.05, 0.1) is 4.92 Å². The van der Waals surface area contributed by atoms with Crippen LogP contribution in [0, 0.1) is 17.0 Å². The first kappa shape index (κ1) is 13.7. The molecule has 0 aromatic carbocycles. The molecular weight excluding hydrogens is 246 g/mol. The minimum absolute atomic E-state index is 0.0250. The van der Waals surface area contributed by atoms with Crippen molar-refractivity contribution in [2.45, 2.75) is 38.6 Å². The second-order valence-electron chi connectivity index (χ2n) is 4.95. The Bertz CT molecular complexity index is 460. The topological polar surface area (TPSA) is 79.5 Å². The monoisotopic (exact) mass is 265 g/mol. The first-order valence-corrected chi connectivity index (χ1v) is 6.62. The molecule has 0 radical (unpaired) electrons. The van der Waals surface area contributed by atoms with E-state index in [0.29, 0.717) is 12.5 Å². The van der Waals surface area contributed by atoms with Crippen LogP contribution < -0.4 is 4.90 Å². The molecule has 1 aliphatic carbocycles. The Morgan fingerprint density at radius 1 is 1.58 bits per heavy atom. The molecule has 1 N–H and O–H groups in total. The van der Waals surface area contributed by atoms with Gasteiger partial charge in [0.15, 0.2) is 0 Å². The van der Waals surface area contributed by atoms with Gasteiger partial charge in [-0.2, -0.15) is 0 Å². The summed E-state index contributed by atoms with van der Waals surface area (Å²) in [6, 6.07) is 2.02. The number of hydrogen-bond acceptors (Lipinski definition) is 5. The number of hydrogen-bond donors (Lipinski definition) is 1. The average Bonchev–Trinajstić information content (AvgIpc) is 2.32. The van der Waals surface area contributed by atoms with Crippen LogP contribution in [-0.2, 0) is 0 Å². The van der Waals surface area contributed by atoms with E-state index in [1.807, 2.05) is 6.92 Å². The van der Waals surface area contributed by atoms with Crippen LogP contribution >= 0.6 is 0 Å². The minimum atomic E-state index is -0.425. The van der Waals surface area contributed by atoms with Gasteiger partial charge < -0.3 is 10.0 Å². The van der Waals surface area contributed by atoms with Crippen molar-refractivity contribution in [1.29, 1.82) is 0 Å². The number of aryl methyl sites for hydroxylation is 1. The molecule has 1 aliphatic rings. The molecular formula is C13H19N3O3. The molecule has 1 aromatic heterocycles. The maximum absolute atomic E-state index is 10.7. The molecule has 0 bridgehead atoms. The van der Waals surface area contributed by atoms with Gasteiger partial charge in [0, 0.05) is 25.3 Å². The lowest BCUT2D eigenvalue weighted by atomic mass is 9.91. The van der Waals surface area contributed by atoms with Crippen molar-refractivity contribution in [3.8, 4) is 0 Å². The quantitative estimate of drug-likeness (QED) is 0.629. The van der Waals surface area contributed by atoms with Crippen molar-refractivity contribution in [3.63, 3.8) is 0 Å². The third-order valence-corrected chi connectivity index (χ3v) is 3.59. The van der Waals surface area contributed by atoms with Crippen molar-refractivity contribution in [2.75, 3.05) is 18.1 Å². The van der Waals surface area contributed by atoms with Gasteiger partial charge in [-0.15, -0.1) is 0 Å². The number of rotatable bonds is 6. The van der Waals surface area contributed by atoms with Crippen LogP contribution in [-0.4, -0.2) is 34.2 Å². The van der Waals surface area contributed by atoms with Gasteiger partial charge in [-0.05, 0) is 38.2 Å². The fourth-order valence-electron chi connectivity index (χ4n) is 2.35. The van der Waals surface area contributed by atoms with Gasteiger partial charge in [0.2, 0.25) is 0 Å². The van der Waals surface area contributed by atoms with Crippen LogP contribution in [0.3, 0.4) is 0 Å². The first-order valence-electron chi connectivity index (χ1n) is 6.62. The molecule has 2 rings (SSSR count). The Morgan fingerprint density at radius 3 is 2.79 bits per heavy atom. The summed E-state index contributed by atoms with van der Waals surface area (Å²) in [4.78, 5) is 16.7. The highest BCUT2D eigenvalue weighted by molar-refractivity contribution is 5.51. The zero-order chi connectivity index (χ0) is 13.8. The van der Waals surface area contributed by atoms with Crippen molar-refractivity contribution in [1.82, 2.24) is 4.98 Å². The fraction of sp³-hybridized carbons (Fsp3) is 0.615. The summed E-state index contributed by atoms with van der Waals surface area (Å²) in [6.07, 6.45) is 5.47. The molecule has 1 heterocycles. The van der Waals surface area contributed by atoms with Crippen LogP contribution in [0.25, 0.3) is 0 Å². The average molecular weight is 265 g/mol. The number of aliphatic hydroxyl groups is 1. The zero-order valence-corrected chi connectivity index (χ0v) is 11.1. The van der Waals surface area contributed by atoms with Crippen molar-refractivity contribution < 1.29 is 10.0 Å². The Morgan fingerprint density at radius 2 is 2.32 bits per heavy atom. The summed E-state index contributed by atoms with van der Waals surface area (Å²) >= 11 is 0. The number of aliphatic hydroxyl groups excluding tert-OH is 1. The number of anilines is 1. The Hall–Kier alpha value is -1.69. The standard InChI is InChI=1S/C13H19N3O3/c1-10-8-12(16(18)19)9-14-13(10)15(6-3-7-17)11-4-2-5-11/h8-9,11,17H,2-7H2,1H3. The maximum Gasteiger partial charge on any atom is 0.287 e. The molecule has 19 heavy (non-hydrogen) atoms. The molecule has 0 aliphatic heterocycles. The van der Waals surface area contributed by atoms with E-state index in [1.54, 1.807) is 6.07 Å². The smallest absolute Gasteiger partial charge is 0.287 e. The second-order valence-corrected chi connectivity index (χ2v) is 4.95. The van der Waals surface area contributed by atoms with E-state index in [1.165, 1.54) is 12.6 Å². The normalized spacial score (nSPS) is 15.1. The number of pyridine rings is 1. The van der Waals surface area contributed by atoms with Crippen LogP contribution in [0.15, 0.2) is 12.3 Å². The molecule has 0 atom stereocenters. The molecule has 1 aromatic rings. The van der Waals surface area contributed by atoms with E-state index in [2.05, 4.69) is 9.88 Å². The summed E-state index contributed by atoms with van der Waals surface area (Å²) < 4.78 is 0. The van der Waals surface area contributed by atoms with E-state index in [-0.39, 0.29) is 12.3 Å². The molecule has 6 nitrogen and oxygen atoms in total. The maximum atomic E-state index is 10.7. The highest BCUT2D eigenvalue weighted by Crippen LogP contribution is 2.31. The molecule has 104 valence electrons. The van der Waals surface area contributed by atoms with E-state index >= 15 is 0 Å². The third kappa shape index (κ3) is 3.01. The van der Waals surface area contributed by atoms with Crippen molar-refractivity contribution >= 4 is 11.5 Å². The lowest BCUT2D eigenvalue weighted by Gasteiger charge is -2.39. The van der Waals surface area contributed by atoms with Crippen LogP contribution in [0.2, 0.25) is 0 Å². The second kappa shape index (κ2) is 5.97. The van der Waals surface area contributed by atoms with Gasteiger partial charge in [0.25, 0.3) is 5.69 Å². The number of nitro groups is 1. The summed E-state index contributed by atoms with van der Waals surface area (Å²) in [5.41, 5.74) is 0.844. The summed E-state index contributed by atoms with van der Waals surface area (Å²) in [5, 5.41) is 19.7. The zero-order valence-electron chi connectivity index (χ0n) is 11.1. The lowest BCUT2D eigenvalue weighted by molar-refractivity contribution is -0.385. The van der Waals surface area contributed by atoms with Gasteiger partial charge in [-0.1, -0.05) is 0 Å². The molecule has 0 unspecified atom stereocenters. The Balaban J connectivity index is 2.22. The predicted octanol–water partition coefficient (Wildman–Crippen LogP) is 2.04. The predicted molar refractivity (Wildman–Crippen MR) is 72.3 cm³/mol. The minimum Gasteiger partial charge on any atom is -0.396 e. The van der Waals surface area contributed by atoms with Gasteiger partial charge in [-0.3, -0.25) is 10.1 Å². The Kier molecular flexibility index (Phi) is 4.31. The van der Waals surface area contributed by atoms with E-state index in [0.717, 1.165) is 30.8 Å². The van der Waals surface area contributed by atoms with Crippen LogP contribution in [0.1, 0.15) is 31.2 Å². The molecule has 1 fully saturated rings. The van der Waals surface area contributed by atoms with E-state index < -0.39 is 4.92 Å². The van der Waals surface area contributed by atoms with Crippen molar-refractivity contribution in [2.24, 2.45) is 0 Å². The molecule has 1 saturated carbocycles. The fourth-order valence-corrected chi connectivity index (χ4v) is 2.35. The lowest BCUT2D eigenvalue weighted by Crippen LogP contribution is -2.42.